The highest BCUT2D eigenvalue weighted by Gasteiger charge is 2.50. The van der Waals surface area contributed by atoms with Crippen molar-refractivity contribution in [2.75, 3.05) is 6.54 Å². The lowest BCUT2D eigenvalue weighted by Crippen LogP contribution is -2.32. The van der Waals surface area contributed by atoms with E-state index in [0.29, 0.717) is 5.92 Å². The van der Waals surface area contributed by atoms with E-state index < -0.39 is 0 Å². The molecule has 1 aromatic heterocycles. The van der Waals surface area contributed by atoms with Gasteiger partial charge in [-0.15, -0.1) is 11.3 Å². The van der Waals surface area contributed by atoms with Gasteiger partial charge in [-0.25, -0.2) is 4.98 Å². The first-order valence-electron chi connectivity index (χ1n) is 7.21. The monoisotopic (exact) mass is 278 g/mol. The number of thiazole rings is 1. The number of carbonyl (C=O) groups is 1. The average molecular weight is 278 g/mol. The van der Waals surface area contributed by atoms with E-state index in [1.807, 2.05) is 11.3 Å². The van der Waals surface area contributed by atoms with Gasteiger partial charge in [-0.05, 0) is 38.0 Å². The van der Waals surface area contributed by atoms with Gasteiger partial charge in [0.25, 0.3) is 0 Å². The van der Waals surface area contributed by atoms with E-state index in [9.17, 15) is 4.79 Å². The minimum atomic E-state index is 0.221. The molecule has 1 saturated carbocycles. The normalized spacial score (nSPS) is 27.7. The van der Waals surface area contributed by atoms with E-state index in [-0.39, 0.29) is 17.2 Å². The van der Waals surface area contributed by atoms with Crippen LogP contribution >= 0.6 is 11.3 Å². The molecule has 3 rings (SSSR count). The van der Waals surface area contributed by atoms with Crippen LogP contribution in [0.15, 0.2) is 0 Å². The highest BCUT2D eigenvalue weighted by atomic mass is 32.1. The molecule has 0 saturated heterocycles. The number of fused-ring (bicyclic) bond motifs is 1. The molecule has 4 heteroatoms. The highest BCUT2D eigenvalue weighted by Crippen LogP contribution is 2.51. The molecular weight excluding hydrogens is 256 g/mol. The Labute approximate surface area is 118 Å². The molecule has 19 heavy (non-hydrogen) atoms. The molecule has 3 nitrogen and oxygen atoms in total. The number of aromatic nitrogens is 1. The summed E-state index contributed by atoms with van der Waals surface area (Å²) >= 11 is 1.82. The zero-order valence-corrected chi connectivity index (χ0v) is 12.8. The van der Waals surface area contributed by atoms with Crippen molar-refractivity contribution in [3.8, 4) is 0 Å². The van der Waals surface area contributed by atoms with Crippen molar-refractivity contribution in [3.63, 3.8) is 0 Å². The van der Waals surface area contributed by atoms with Crippen molar-refractivity contribution in [2.45, 2.75) is 52.4 Å². The van der Waals surface area contributed by atoms with E-state index in [1.165, 1.54) is 23.4 Å². The number of nitrogens with zero attached hydrogens (tertiary/aromatic N) is 1. The summed E-state index contributed by atoms with van der Waals surface area (Å²) in [5.41, 5.74) is 1.48. The largest absolute Gasteiger partial charge is 0.355 e. The highest BCUT2D eigenvalue weighted by molar-refractivity contribution is 7.11. The van der Waals surface area contributed by atoms with Crippen LogP contribution in [0.2, 0.25) is 0 Å². The van der Waals surface area contributed by atoms with Crippen LogP contribution in [0.25, 0.3) is 0 Å². The lowest BCUT2D eigenvalue weighted by Gasteiger charge is -2.21. The van der Waals surface area contributed by atoms with Crippen molar-refractivity contribution in [2.24, 2.45) is 11.3 Å². The summed E-state index contributed by atoms with van der Waals surface area (Å²) in [4.78, 5) is 18.2. The van der Waals surface area contributed by atoms with Gasteiger partial charge in [0.2, 0.25) is 5.91 Å². The summed E-state index contributed by atoms with van der Waals surface area (Å²) in [7, 11) is 0. The van der Waals surface area contributed by atoms with Crippen LogP contribution in [0.5, 0.6) is 0 Å². The molecule has 0 bridgehead atoms. The number of aryl methyl sites for hydroxylation is 2. The average Bonchev–Trinajstić information content (AvgIpc) is 2.81. The molecule has 1 N–H and O–H groups in total. The second kappa shape index (κ2) is 4.58. The summed E-state index contributed by atoms with van der Waals surface area (Å²) < 4.78 is 0. The second-order valence-corrected chi connectivity index (χ2v) is 7.91. The number of carbonyl (C=O) groups excluding carboxylic acids is 1. The number of rotatable bonds is 3. The molecule has 0 unspecified atom stereocenters. The summed E-state index contributed by atoms with van der Waals surface area (Å²) in [6.45, 7) is 7.17. The van der Waals surface area contributed by atoms with Crippen molar-refractivity contribution in [1.82, 2.24) is 10.3 Å². The van der Waals surface area contributed by atoms with Gasteiger partial charge in [-0.1, -0.05) is 13.8 Å². The van der Waals surface area contributed by atoms with Crippen LogP contribution in [0.3, 0.4) is 0 Å². The second-order valence-electron chi connectivity index (χ2n) is 6.62. The van der Waals surface area contributed by atoms with Crippen molar-refractivity contribution in [1.29, 1.82) is 0 Å². The molecule has 104 valence electrons. The topological polar surface area (TPSA) is 42.0 Å². The molecule has 0 aromatic carbocycles. The first kappa shape index (κ1) is 13.1. The molecule has 0 aliphatic heterocycles. The predicted octanol–water partition coefficient (Wildman–Crippen LogP) is 3.03. The third-order valence-corrected chi connectivity index (χ3v) is 5.58. The molecule has 1 fully saturated rings. The third kappa shape index (κ3) is 2.55. The lowest BCUT2D eigenvalue weighted by atomic mass is 9.91. The molecule has 2 atom stereocenters. The maximum absolute atomic E-state index is 12.1. The van der Waals surface area contributed by atoms with Crippen molar-refractivity contribution in [3.05, 3.63) is 15.6 Å². The predicted molar refractivity (Wildman–Crippen MR) is 77.4 cm³/mol. The van der Waals surface area contributed by atoms with Crippen LogP contribution in [0, 0.1) is 18.3 Å². The van der Waals surface area contributed by atoms with Crippen LogP contribution in [0.1, 0.15) is 54.6 Å². The van der Waals surface area contributed by atoms with Gasteiger partial charge in [0.1, 0.15) is 0 Å². The van der Waals surface area contributed by atoms with Gasteiger partial charge in [-0.3, -0.25) is 4.79 Å². The maximum atomic E-state index is 12.1. The Bertz CT molecular complexity index is 506. The Kier molecular flexibility index (Phi) is 3.16. The van der Waals surface area contributed by atoms with E-state index in [1.54, 1.807) is 0 Å². The van der Waals surface area contributed by atoms with Crippen LogP contribution in [0.4, 0.5) is 0 Å². The zero-order valence-electron chi connectivity index (χ0n) is 12.0. The molecule has 0 radical (unpaired) electrons. The first-order valence-corrected chi connectivity index (χ1v) is 8.03. The minimum Gasteiger partial charge on any atom is -0.355 e. The van der Waals surface area contributed by atoms with Gasteiger partial charge in [0.05, 0.1) is 10.7 Å². The molecule has 1 heterocycles. The summed E-state index contributed by atoms with van der Waals surface area (Å²) in [6.07, 6.45) is 4.58. The molecule has 1 amide bonds. The number of hydrogen-bond donors (Lipinski definition) is 1. The fourth-order valence-corrected chi connectivity index (χ4v) is 4.15. The van der Waals surface area contributed by atoms with E-state index >= 15 is 0 Å². The first-order chi connectivity index (χ1) is 8.97. The quantitative estimate of drug-likeness (QED) is 0.923. The van der Waals surface area contributed by atoms with E-state index in [0.717, 1.165) is 24.4 Å². The van der Waals surface area contributed by atoms with Crippen molar-refractivity contribution >= 4 is 17.2 Å². The van der Waals surface area contributed by atoms with Crippen molar-refractivity contribution < 1.29 is 4.79 Å². The van der Waals surface area contributed by atoms with Gasteiger partial charge < -0.3 is 5.32 Å². The van der Waals surface area contributed by atoms with E-state index in [4.69, 9.17) is 0 Å². The summed E-state index contributed by atoms with van der Waals surface area (Å²) in [5.74, 6) is 0.899. The fourth-order valence-electron chi connectivity index (χ4n) is 3.09. The maximum Gasteiger partial charge on any atom is 0.223 e. The molecule has 1 aromatic rings. The van der Waals surface area contributed by atoms with Gasteiger partial charge in [-0.2, -0.15) is 0 Å². The Morgan fingerprint density at radius 2 is 2.26 bits per heavy atom. The van der Waals surface area contributed by atoms with Gasteiger partial charge in [0.15, 0.2) is 0 Å². The molecule has 0 spiro atoms. The van der Waals surface area contributed by atoms with E-state index in [2.05, 4.69) is 31.1 Å². The SMILES string of the molecule is Cc1nc2c(s1)CCC[C@H]2CNC(=O)[C@H]1CC1(C)C. The van der Waals surface area contributed by atoms with Crippen LogP contribution < -0.4 is 5.32 Å². The summed E-state index contributed by atoms with van der Waals surface area (Å²) in [6, 6.07) is 0. The number of nitrogens with one attached hydrogen (secondary N) is 1. The molecule has 2 aliphatic rings. The Balaban J connectivity index is 1.61. The Morgan fingerprint density at radius 1 is 1.53 bits per heavy atom. The Morgan fingerprint density at radius 3 is 2.95 bits per heavy atom. The minimum absolute atomic E-state index is 0.221. The fraction of sp³-hybridized carbons (Fsp3) is 0.733. The number of amides is 1. The van der Waals surface area contributed by atoms with Crippen LogP contribution in [-0.4, -0.2) is 17.4 Å². The summed E-state index contributed by atoms with van der Waals surface area (Å²) in [5, 5.41) is 4.30. The van der Waals surface area contributed by atoms with Gasteiger partial charge >= 0.3 is 0 Å². The third-order valence-electron chi connectivity index (χ3n) is 4.53. The number of hydrogen-bond acceptors (Lipinski definition) is 3. The van der Waals surface area contributed by atoms with Gasteiger partial charge in [0, 0.05) is 23.3 Å². The zero-order chi connectivity index (χ0) is 13.6. The molecule has 2 aliphatic carbocycles. The smallest absolute Gasteiger partial charge is 0.223 e. The lowest BCUT2D eigenvalue weighted by molar-refractivity contribution is -0.123. The molecular formula is C15H22N2OS. The van der Waals surface area contributed by atoms with Crippen LogP contribution in [-0.2, 0) is 11.2 Å². The standard InChI is InChI=1S/C15H22N2OS/c1-9-17-13-10(5-4-6-12(13)19-9)8-16-14(18)11-7-15(11,2)3/h10-11H,4-8H2,1-3H3,(H,16,18)/t10-,11+/m0/s1. The Hall–Kier alpha value is -0.900.